The molecule has 2 atom stereocenters. The van der Waals surface area contributed by atoms with E-state index >= 15 is 0 Å². The average Bonchev–Trinajstić information content (AvgIpc) is 2.15. The lowest BCUT2D eigenvalue weighted by atomic mass is 9.91. The van der Waals surface area contributed by atoms with Crippen LogP contribution in [0.15, 0.2) is 0 Å². The van der Waals surface area contributed by atoms with Gasteiger partial charge >= 0.3 is 0 Å². The largest absolute Gasteiger partial charge is 0.326 e. The molecule has 78 valence electrons. The Bertz CT molecular complexity index is 125. The van der Waals surface area contributed by atoms with Crippen LogP contribution in [0.4, 0.5) is 0 Å². The molecule has 3 N–H and O–H groups in total. The molecule has 0 heterocycles. The minimum absolute atomic E-state index is 0.412. The molecule has 0 unspecified atom stereocenters. The molecular weight excluding hydrogens is 160 g/mol. The first-order chi connectivity index (χ1) is 6.34. The molecule has 0 bridgehead atoms. The van der Waals surface area contributed by atoms with E-state index in [0.717, 1.165) is 6.54 Å². The van der Waals surface area contributed by atoms with Crippen LogP contribution in [-0.4, -0.2) is 18.6 Å². The third-order valence-corrected chi connectivity index (χ3v) is 3.01. The fourth-order valence-electron chi connectivity index (χ4n) is 2.08. The molecule has 1 aliphatic carbocycles. The maximum Gasteiger partial charge on any atom is 0.0219 e. The van der Waals surface area contributed by atoms with Gasteiger partial charge in [-0.25, -0.2) is 0 Å². The fraction of sp³-hybridized carbons (Fsp3) is 1.00. The van der Waals surface area contributed by atoms with E-state index in [-0.39, 0.29) is 0 Å². The summed E-state index contributed by atoms with van der Waals surface area (Å²) in [6, 6.07) is 1.01. The molecule has 0 spiro atoms. The first-order valence-corrected chi connectivity index (χ1v) is 5.83. The smallest absolute Gasteiger partial charge is 0.0219 e. The summed E-state index contributed by atoms with van der Waals surface area (Å²) in [6.07, 6.45) is 9.14. The lowest BCUT2D eigenvalue weighted by Crippen LogP contribution is -2.47. The summed E-state index contributed by atoms with van der Waals surface area (Å²) in [6.45, 7) is 3.40. The van der Waals surface area contributed by atoms with Gasteiger partial charge in [0.1, 0.15) is 0 Å². The Morgan fingerprint density at radius 3 is 2.69 bits per heavy atom. The van der Waals surface area contributed by atoms with E-state index in [4.69, 9.17) is 5.73 Å². The first-order valence-electron chi connectivity index (χ1n) is 5.83. The van der Waals surface area contributed by atoms with Crippen molar-refractivity contribution in [3.63, 3.8) is 0 Å². The zero-order valence-corrected chi connectivity index (χ0v) is 8.89. The third-order valence-electron chi connectivity index (χ3n) is 3.01. The second-order valence-corrected chi connectivity index (χ2v) is 4.22. The fourth-order valence-corrected chi connectivity index (χ4v) is 2.08. The van der Waals surface area contributed by atoms with Crippen LogP contribution in [0.1, 0.15) is 51.9 Å². The Labute approximate surface area is 82.3 Å². The van der Waals surface area contributed by atoms with Crippen molar-refractivity contribution in [1.29, 1.82) is 0 Å². The van der Waals surface area contributed by atoms with Crippen molar-refractivity contribution < 1.29 is 0 Å². The molecule has 2 nitrogen and oxygen atoms in total. The van der Waals surface area contributed by atoms with Gasteiger partial charge in [-0.05, 0) is 25.8 Å². The predicted octanol–water partition coefficient (Wildman–Crippen LogP) is 2.04. The number of nitrogens with one attached hydrogen (secondary N) is 1. The van der Waals surface area contributed by atoms with Crippen molar-refractivity contribution in [2.24, 2.45) is 5.73 Å². The van der Waals surface area contributed by atoms with Gasteiger partial charge in [0.2, 0.25) is 0 Å². The maximum absolute atomic E-state index is 6.03. The molecule has 0 aliphatic heterocycles. The van der Waals surface area contributed by atoms with Crippen LogP contribution in [0.3, 0.4) is 0 Å². The molecule has 13 heavy (non-hydrogen) atoms. The number of hydrogen-bond donors (Lipinski definition) is 2. The molecule has 0 saturated heterocycles. The van der Waals surface area contributed by atoms with Crippen molar-refractivity contribution in [3.05, 3.63) is 0 Å². The second kappa shape index (κ2) is 6.39. The number of unbranched alkanes of at least 4 members (excludes halogenated alkanes) is 2. The van der Waals surface area contributed by atoms with Crippen LogP contribution in [0, 0.1) is 0 Å². The summed E-state index contributed by atoms with van der Waals surface area (Å²) in [5.41, 5.74) is 6.03. The third kappa shape index (κ3) is 4.10. The molecule has 0 aromatic rings. The van der Waals surface area contributed by atoms with Crippen molar-refractivity contribution in [1.82, 2.24) is 5.32 Å². The van der Waals surface area contributed by atoms with Gasteiger partial charge in [-0.2, -0.15) is 0 Å². The normalized spacial score (nSPS) is 29.1. The zero-order chi connectivity index (χ0) is 9.52. The van der Waals surface area contributed by atoms with E-state index in [1.807, 2.05) is 0 Å². The number of rotatable bonds is 5. The number of hydrogen-bond acceptors (Lipinski definition) is 2. The van der Waals surface area contributed by atoms with E-state index in [9.17, 15) is 0 Å². The Balaban J connectivity index is 2.05. The molecule has 0 aromatic carbocycles. The van der Waals surface area contributed by atoms with Gasteiger partial charge in [-0.3, -0.25) is 0 Å². The molecule has 1 fully saturated rings. The van der Waals surface area contributed by atoms with Crippen molar-refractivity contribution in [2.75, 3.05) is 6.54 Å². The van der Waals surface area contributed by atoms with Crippen LogP contribution in [-0.2, 0) is 0 Å². The Morgan fingerprint density at radius 2 is 2.00 bits per heavy atom. The Kier molecular flexibility index (Phi) is 5.40. The van der Waals surface area contributed by atoms with Gasteiger partial charge in [0.05, 0.1) is 0 Å². The summed E-state index contributed by atoms with van der Waals surface area (Å²) in [5.74, 6) is 0. The van der Waals surface area contributed by atoms with Crippen LogP contribution in [0.5, 0.6) is 0 Å². The topological polar surface area (TPSA) is 38.0 Å². The average molecular weight is 184 g/mol. The van der Waals surface area contributed by atoms with Crippen molar-refractivity contribution >= 4 is 0 Å². The Morgan fingerprint density at radius 1 is 1.23 bits per heavy atom. The first kappa shape index (κ1) is 11.0. The summed E-state index contributed by atoms with van der Waals surface area (Å²) in [5, 5.41) is 3.58. The highest BCUT2D eigenvalue weighted by Crippen LogP contribution is 2.16. The highest BCUT2D eigenvalue weighted by atomic mass is 14.9. The minimum Gasteiger partial charge on any atom is -0.326 e. The van der Waals surface area contributed by atoms with Gasteiger partial charge in [0.25, 0.3) is 0 Å². The SMILES string of the molecule is CCCCCN[C@@H]1CCCC[C@@H]1N. The standard InChI is InChI=1S/C11H24N2/c1-2-3-6-9-13-11-8-5-4-7-10(11)12/h10-11,13H,2-9,12H2,1H3/t10-,11+/m0/s1. The van der Waals surface area contributed by atoms with Crippen LogP contribution in [0.25, 0.3) is 0 Å². The predicted molar refractivity (Wildman–Crippen MR) is 57.8 cm³/mol. The zero-order valence-electron chi connectivity index (χ0n) is 8.89. The van der Waals surface area contributed by atoms with E-state index in [1.165, 1.54) is 44.9 Å². The molecular formula is C11H24N2. The van der Waals surface area contributed by atoms with E-state index in [2.05, 4.69) is 12.2 Å². The molecule has 1 rings (SSSR count). The molecule has 1 saturated carbocycles. The molecule has 0 aromatic heterocycles. The van der Waals surface area contributed by atoms with Gasteiger partial charge in [-0.15, -0.1) is 0 Å². The van der Waals surface area contributed by atoms with Gasteiger partial charge in [0, 0.05) is 12.1 Å². The Hall–Kier alpha value is -0.0800. The minimum atomic E-state index is 0.412. The van der Waals surface area contributed by atoms with Gasteiger partial charge in [-0.1, -0.05) is 32.6 Å². The lowest BCUT2D eigenvalue weighted by Gasteiger charge is -2.29. The molecule has 0 radical (unpaired) electrons. The number of nitrogens with two attached hydrogens (primary N) is 1. The van der Waals surface area contributed by atoms with E-state index in [1.54, 1.807) is 0 Å². The van der Waals surface area contributed by atoms with E-state index < -0.39 is 0 Å². The van der Waals surface area contributed by atoms with Gasteiger partial charge < -0.3 is 11.1 Å². The van der Waals surface area contributed by atoms with Crippen LogP contribution in [0.2, 0.25) is 0 Å². The lowest BCUT2D eigenvalue weighted by molar-refractivity contribution is 0.326. The van der Waals surface area contributed by atoms with E-state index in [0.29, 0.717) is 12.1 Å². The summed E-state index contributed by atoms with van der Waals surface area (Å²) in [4.78, 5) is 0. The summed E-state index contributed by atoms with van der Waals surface area (Å²) >= 11 is 0. The highest BCUT2D eigenvalue weighted by Gasteiger charge is 2.20. The highest BCUT2D eigenvalue weighted by molar-refractivity contribution is 4.83. The summed E-state index contributed by atoms with van der Waals surface area (Å²) < 4.78 is 0. The van der Waals surface area contributed by atoms with Crippen molar-refractivity contribution in [2.45, 2.75) is 64.0 Å². The molecule has 0 amide bonds. The monoisotopic (exact) mass is 184 g/mol. The second-order valence-electron chi connectivity index (χ2n) is 4.22. The quantitative estimate of drug-likeness (QED) is 0.642. The van der Waals surface area contributed by atoms with Crippen LogP contribution < -0.4 is 11.1 Å². The molecule has 2 heteroatoms. The van der Waals surface area contributed by atoms with Gasteiger partial charge in [0.15, 0.2) is 0 Å². The van der Waals surface area contributed by atoms with Crippen LogP contribution >= 0.6 is 0 Å². The van der Waals surface area contributed by atoms with Crippen molar-refractivity contribution in [3.8, 4) is 0 Å². The summed E-state index contributed by atoms with van der Waals surface area (Å²) in [7, 11) is 0. The maximum atomic E-state index is 6.03. The molecule has 1 aliphatic rings.